The Morgan fingerprint density at radius 1 is 1.31 bits per heavy atom. The molecule has 1 saturated heterocycles. The van der Waals surface area contributed by atoms with E-state index in [0.717, 1.165) is 24.1 Å². The summed E-state index contributed by atoms with van der Waals surface area (Å²) in [5.41, 5.74) is 1.90. The number of nitrogens with zero attached hydrogens (tertiary/aromatic N) is 1. The molecule has 1 aliphatic rings. The van der Waals surface area contributed by atoms with E-state index < -0.39 is 0 Å². The zero-order chi connectivity index (χ0) is 11.5. The first-order valence-electron chi connectivity index (χ1n) is 6.05. The molecular formula is C14H19NO. The third kappa shape index (κ3) is 1.97. The number of benzene rings is 1. The van der Waals surface area contributed by atoms with Crippen molar-refractivity contribution in [1.29, 1.82) is 0 Å². The molecule has 2 unspecified atom stereocenters. The number of anilines is 1. The lowest BCUT2D eigenvalue weighted by atomic mass is 9.91. The Morgan fingerprint density at radius 2 is 2.06 bits per heavy atom. The van der Waals surface area contributed by atoms with E-state index in [0.29, 0.717) is 12.0 Å². The highest BCUT2D eigenvalue weighted by atomic mass is 16.1. The SMILES string of the molecule is CC1CCCN(c2ccccc2C=O)C1C. The molecule has 2 heteroatoms. The Morgan fingerprint density at radius 3 is 2.81 bits per heavy atom. The van der Waals surface area contributed by atoms with Crippen molar-refractivity contribution < 1.29 is 4.79 Å². The van der Waals surface area contributed by atoms with Gasteiger partial charge in [0.2, 0.25) is 0 Å². The Kier molecular flexibility index (Phi) is 3.28. The molecule has 0 saturated carbocycles. The molecule has 0 radical (unpaired) electrons. The molecule has 0 N–H and O–H groups in total. The van der Waals surface area contributed by atoms with Crippen LogP contribution in [0.5, 0.6) is 0 Å². The van der Waals surface area contributed by atoms with Gasteiger partial charge in [-0.15, -0.1) is 0 Å². The molecule has 2 atom stereocenters. The number of carbonyl (C=O) groups excluding carboxylic acids is 1. The minimum absolute atomic E-state index is 0.523. The van der Waals surface area contributed by atoms with Crippen LogP contribution in [0.25, 0.3) is 0 Å². The lowest BCUT2D eigenvalue weighted by Crippen LogP contribution is -2.42. The number of rotatable bonds is 2. The van der Waals surface area contributed by atoms with Crippen LogP contribution in [0.1, 0.15) is 37.0 Å². The Labute approximate surface area is 97.3 Å². The number of hydrogen-bond acceptors (Lipinski definition) is 2. The molecule has 1 heterocycles. The van der Waals surface area contributed by atoms with Crippen molar-refractivity contribution >= 4 is 12.0 Å². The van der Waals surface area contributed by atoms with E-state index in [1.807, 2.05) is 18.2 Å². The average Bonchev–Trinajstić information content (AvgIpc) is 2.33. The molecule has 1 aromatic rings. The number of carbonyl (C=O) groups is 1. The molecule has 2 nitrogen and oxygen atoms in total. The van der Waals surface area contributed by atoms with Crippen molar-refractivity contribution in [2.24, 2.45) is 5.92 Å². The first kappa shape index (κ1) is 11.2. The van der Waals surface area contributed by atoms with E-state index in [4.69, 9.17) is 0 Å². The first-order chi connectivity index (χ1) is 7.74. The van der Waals surface area contributed by atoms with Crippen LogP contribution in [0.4, 0.5) is 5.69 Å². The number of hydrogen-bond donors (Lipinski definition) is 0. The maximum atomic E-state index is 11.0. The fraction of sp³-hybridized carbons (Fsp3) is 0.500. The predicted molar refractivity (Wildman–Crippen MR) is 67.0 cm³/mol. The van der Waals surface area contributed by atoms with E-state index in [1.165, 1.54) is 12.8 Å². The van der Waals surface area contributed by atoms with Gasteiger partial charge in [-0.2, -0.15) is 0 Å². The molecule has 0 aromatic heterocycles. The molecular weight excluding hydrogens is 198 g/mol. The van der Waals surface area contributed by atoms with E-state index in [-0.39, 0.29) is 0 Å². The number of aldehydes is 1. The van der Waals surface area contributed by atoms with Crippen molar-refractivity contribution in [3.8, 4) is 0 Å². The van der Waals surface area contributed by atoms with Crippen LogP contribution in [0.2, 0.25) is 0 Å². The molecule has 0 amide bonds. The number of para-hydroxylation sites is 1. The molecule has 0 spiro atoms. The summed E-state index contributed by atoms with van der Waals surface area (Å²) in [6, 6.07) is 8.40. The molecule has 2 rings (SSSR count). The normalized spacial score (nSPS) is 25.5. The minimum Gasteiger partial charge on any atom is -0.368 e. The summed E-state index contributed by atoms with van der Waals surface area (Å²) < 4.78 is 0. The molecule has 1 aromatic carbocycles. The van der Waals surface area contributed by atoms with Crippen LogP contribution in [-0.4, -0.2) is 18.9 Å². The van der Waals surface area contributed by atoms with E-state index in [2.05, 4.69) is 24.8 Å². The maximum absolute atomic E-state index is 11.0. The van der Waals surface area contributed by atoms with Crippen molar-refractivity contribution in [2.45, 2.75) is 32.7 Å². The maximum Gasteiger partial charge on any atom is 0.152 e. The van der Waals surface area contributed by atoms with E-state index in [1.54, 1.807) is 0 Å². The summed E-state index contributed by atoms with van der Waals surface area (Å²) in [6.07, 6.45) is 3.47. The molecule has 16 heavy (non-hydrogen) atoms. The summed E-state index contributed by atoms with van der Waals surface area (Å²) in [5, 5.41) is 0. The second kappa shape index (κ2) is 4.69. The topological polar surface area (TPSA) is 20.3 Å². The largest absolute Gasteiger partial charge is 0.368 e. The third-order valence-corrected chi connectivity index (χ3v) is 3.75. The Hall–Kier alpha value is -1.31. The zero-order valence-corrected chi connectivity index (χ0v) is 10.0. The van der Waals surface area contributed by atoms with Gasteiger partial charge in [0.05, 0.1) is 0 Å². The van der Waals surface area contributed by atoms with Gasteiger partial charge in [0.25, 0.3) is 0 Å². The van der Waals surface area contributed by atoms with Crippen LogP contribution >= 0.6 is 0 Å². The second-order valence-electron chi connectivity index (χ2n) is 4.73. The van der Waals surface area contributed by atoms with Gasteiger partial charge in [0, 0.05) is 23.8 Å². The summed E-state index contributed by atoms with van der Waals surface area (Å²) in [5.74, 6) is 0.702. The van der Waals surface area contributed by atoms with Gasteiger partial charge in [-0.05, 0) is 37.8 Å². The smallest absolute Gasteiger partial charge is 0.152 e. The van der Waals surface area contributed by atoms with Gasteiger partial charge in [-0.25, -0.2) is 0 Å². The van der Waals surface area contributed by atoms with Crippen LogP contribution in [0.15, 0.2) is 24.3 Å². The summed E-state index contributed by atoms with van der Waals surface area (Å²) in [6.45, 7) is 5.61. The monoisotopic (exact) mass is 217 g/mol. The zero-order valence-electron chi connectivity index (χ0n) is 10.0. The van der Waals surface area contributed by atoms with Crippen LogP contribution < -0.4 is 4.90 Å². The van der Waals surface area contributed by atoms with E-state index >= 15 is 0 Å². The highest BCUT2D eigenvalue weighted by Gasteiger charge is 2.25. The lowest BCUT2D eigenvalue weighted by molar-refractivity contribution is 0.112. The fourth-order valence-electron chi connectivity index (χ4n) is 2.52. The van der Waals surface area contributed by atoms with Crippen molar-refractivity contribution in [3.63, 3.8) is 0 Å². The summed E-state index contributed by atoms with van der Waals surface area (Å²) in [4.78, 5) is 13.4. The van der Waals surface area contributed by atoms with Crippen LogP contribution in [0.3, 0.4) is 0 Å². The van der Waals surface area contributed by atoms with Crippen molar-refractivity contribution in [2.75, 3.05) is 11.4 Å². The quantitative estimate of drug-likeness (QED) is 0.709. The fourth-order valence-corrected chi connectivity index (χ4v) is 2.52. The standard InChI is InChI=1S/C14H19NO/c1-11-6-5-9-15(12(11)2)14-8-4-3-7-13(14)10-16/h3-4,7-8,10-12H,5-6,9H2,1-2H3. The van der Waals surface area contributed by atoms with Crippen molar-refractivity contribution in [1.82, 2.24) is 0 Å². The molecule has 0 aliphatic carbocycles. The van der Waals surface area contributed by atoms with Gasteiger partial charge >= 0.3 is 0 Å². The van der Waals surface area contributed by atoms with Gasteiger partial charge in [-0.3, -0.25) is 4.79 Å². The van der Waals surface area contributed by atoms with Crippen LogP contribution in [0, 0.1) is 5.92 Å². The Balaban J connectivity index is 2.31. The van der Waals surface area contributed by atoms with Gasteiger partial charge in [0.1, 0.15) is 0 Å². The molecule has 0 bridgehead atoms. The molecule has 1 aliphatic heterocycles. The highest BCUT2D eigenvalue weighted by Crippen LogP contribution is 2.29. The van der Waals surface area contributed by atoms with Crippen LogP contribution in [-0.2, 0) is 0 Å². The van der Waals surface area contributed by atoms with Gasteiger partial charge in [-0.1, -0.05) is 19.1 Å². The summed E-state index contributed by atoms with van der Waals surface area (Å²) in [7, 11) is 0. The highest BCUT2D eigenvalue weighted by molar-refractivity contribution is 5.84. The third-order valence-electron chi connectivity index (χ3n) is 3.75. The van der Waals surface area contributed by atoms with Gasteiger partial charge in [0.15, 0.2) is 6.29 Å². The predicted octanol–water partition coefficient (Wildman–Crippen LogP) is 3.12. The Bertz CT molecular complexity index is 375. The lowest BCUT2D eigenvalue weighted by Gasteiger charge is -2.40. The molecule has 86 valence electrons. The average molecular weight is 217 g/mol. The summed E-state index contributed by atoms with van der Waals surface area (Å²) >= 11 is 0. The second-order valence-corrected chi connectivity index (χ2v) is 4.73. The molecule has 1 fully saturated rings. The minimum atomic E-state index is 0.523. The van der Waals surface area contributed by atoms with Gasteiger partial charge < -0.3 is 4.90 Å². The van der Waals surface area contributed by atoms with E-state index in [9.17, 15) is 4.79 Å². The number of piperidine rings is 1. The van der Waals surface area contributed by atoms with Crippen molar-refractivity contribution in [3.05, 3.63) is 29.8 Å². The first-order valence-corrected chi connectivity index (χ1v) is 6.05.